The number of piperazine rings is 1. The van der Waals surface area contributed by atoms with Crippen LogP contribution in [-0.2, 0) is 11.4 Å². The van der Waals surface area contributed by atoms with E-state index in [1.54, 1.807) is 28.0 Å². The molecule has 150 valence electrons. The first-order valence-corrected chi connectivity index (χ1v) is 9.06. The third-order valence-electron chi connectivity index (χ3n) is 4.24. The number of ether oxygens (including phenoxy) is 1. The molecule has 0 spiro atoms. The topological polar surface area (TPSA) is 107 Å². The second kappa shape index (κ2) is 7.93. The number of rotatable bonds is 4. The summed E-state index contributed by atoms with van der Waals surface area (Å²) in [6, 6.07) is 6.15. The zero-order chi connectivity index (χ0) is 20.3. The minimum absolute atomic E-state index is 0.0334. The van der Waals surface area contributed by atoms with E-state index in [0.29, 0.717) is 38.7 Å². The number of benzene rings is 1. The van der Waals surface area contributed by atoms with Gasteiger partial charge in [-0.15, -0.1) is 5.10 Å². The molecule has 1 saturated heterocycles. The van der Waals surface area contributed by atoms with Crippen molar-refractivity contribution < 1.29 is 14.5 Å². The molecule has 2 aromatic rings. The van der Waals surface area contributed by atoms with E-state index < -0.39 is 10.5 Å². The monoisotopic (exact) mass is 388 g/mol. The number of non-ortho nitro benzene ring substituents is 1. The summed E-state index contributed by atoms with van der Waals surface area (Å²) in [7, 11) is 0. The molecule has 1 aromatic carbocycles. The highest BCUT2D eigenvalue weighted by Crippen LogP contribution is 2.19. The van der Waals surface area contributed by atoms with Crippen LogP contribution in [0, 0.1) is 10.1 Å². The number of carbonyl (C=O) groups is 1. The van der Waals surface area contributed by atoms with Gasteiger partial charge < -0.3 is 9.64 Å². The van der Waals surface area contributed by atoms with Crippen molar-refractivity contribution in [2.24, 2.45) is 0 Å². The standard InChI is InChI=1S/C18H24N6O4/c1-18(2,3)28-17(25)22-10-8-21(9-11-22)13-23-12-19-16(20-23)14-4-6-15(7-5-14)24(26)27/h4-7,12H,8-11,13H2,1-3H3. The molecule has 10 heteroatoms. The van der Waals surface area contributed by atoms with Gasteiger partial charge in [0.05, 0.1) is 11.6 Å². The first kappa shape index (κ1) is 19.7. The van der Waals surface area contributed by atoms with Gasteiger partial charge >= 0.3 is 6.09 Å². The van der Waals surface area contributed by atoms with Crippen LogP contribution in [0.1, 0.15) is 20.8 Å². The Bertz CT molecular complexity index is 835. The zero-order valence-electron chi connectivity index (χ0n) is 16.2. The number of nitro benzene ring substituents is 1. The van der Waals surface area contributed by atoms with Crippen LogP contribution >= 0.6 is 0 Å². The van der Waals surface area contributed by atoms with Crippen LogP contribution in [0.5, 0.6) is 0 Å². The van der Waals surface area contributed by atoms with Gasteiger partial charge in [0, 0.05) is 43.9 Å². The van der Waals surface area contributed by atoms with Crippen molar-refractivity contribution in [1.29, 1.82) is 0 Å². The van der Waals surface area contributed by atoms with Crippen molar-refractivity contribution in [3.05, 3.63) is 40.7 Å². The molecule has 1 aliphatic heterocycles. The maximum atomic E-state index is 12.1. The van der Waals surface area contributed by atoms with Gasteiger partial charge in [-0.1, -0.05) is 0 Å². The van der Waals surface area contributed by atoms with Crippen LogP contribution in [-0.4, -0.2) is 67.4 Å². The van der Waals surface area contributed by atoms with Gasteiger partial charge in [0.25, 0.3) is 5.69 Å². The van der Waals surface area contributed by atoms with E-state index in [0.717, 1.165) is 5.56 Å². The highest BCUT2D eigenvalue weighted by molar-refractivity contribution is 5.68. The minimum atomic E-state index is -0.497. The molecule has 0 atom stereocenters. The molecular formula is C18H24N6O4. The van der Waals surface area contributed by atoms with Gasteiger partial charge in [-0.3, -0.25) is 15.0 Å². The summed E-state index contributed by atoms with van der Waals surface area (Å²) in [5.74, 6) is 0.516. The van der Waals surface area contributed by atoms with Gasteiger partial charge in [0.2, 0.25) is 0 Å². The molecule has 2 heterocycles. The number of hydrogen-bond donors (Lipinski definition) is 0. The lowest BCUT2D eigenvalue weighted by Gasteiger charge is -2.35. The summed E-state index contributed by atoms with van der Waals surface area (Å²) in [6.45, 7) is 8.74. The Morgan fingerprint density at radius 1 is 1.18 bits per heavy atom. The van der Waals surface area contributed by atoms with Crippen LogP contribution < -0.4 is 0 Å². The Balaban J connectivity index is 1.53. The van der Waals surface area contributed by atoms with Crippen molar-refractivity contribution in [3.8, 4) is 11.4 Å². The van der Waals surface area contributed by atoms with Gasteiger partial charge in [-0.25, -0.2) is 14.5 Å². The molecule has 3 rings (SSSR count). The molecule has 1 amide bonds. The summed E-state index contributed by atoms with van der Waals surface area (Å²) in [5, 5.41) is 15.2. The molecule has 0 saturated carbocycles. The predicted octanol–water partition coefficient (Wildman–Crippen LogP) is 2.36. The highest BCUT2D eigenvalue weighted by Gasteiger charge is 2.26. The lowest BCUT2D eigenvalue weighted by atomic mass is 10.2. The molecule has 1 aliphatic rings. The zero-order valence-corrected chi connectivity index (χ0v) is 16.2. The second-order valence-corrected chi connectivity index (χ2v) is 7.64. The summed E-state index contributed by atoms with van der Waals surface area (Å²) < 4.78 is 7.13. The van der Waals surface area contributed by atoms with Gasteiger partial charge in [0.15, 0.2) is 5.82 Å². The van der Waals surface area contributed by atoms with Crippen molar-refractivity contribution in [3.63, 3.8) is 0 Å². The number of carbonyl (C=O) groups excluding carboxylic acids is 1. The number of nitrogens with zero attached hydrogens (tertiary/aromatic N) is 6. The van der Waals surface area contributed by atoms with E-state index >= 15 is 0 Å². The smallest absolute Gasteiger partial charge is 0.410 e. The first-order valence-electron chi connectivity index (χ1n) is 9.06. The van der Waals surface area contributed by atoms with Crippen molar-refractivity contribution in [2.45, 2.75) is 33.0 Å². The third kappa shape index (κ3) is 5.03. The predicted molar refractivity (Wildman–Crippen MR) is 101 cm³/mol. The Kier molecular flexibility index (Phi) is 5.59. The minimum Gasteiger partial charge on any atom is -0.444 e. The highest BCUT2D eigenvalue weighted by atomic mass is 16.6. The fourth-order valence-corrected chi connectivity index (χ4v) is 2.83. The van der Waals surface area contributed by atoms with Crippen LogP contribution in [0.2, 0.25) is 0 Å². The van der Waals surface area contributed by atoms with E-state index in [4.69, 9.17) is 4.74 Å². The lowest BCUT2D eigenvalue weighted by Crippen LogP contribution is -2.50. The Labute approximate surface area is 162 Å². The average molecular weight is 388 g/mol. The third-order valence-corrected chi connectivity index (χ3v) is 4.24. The number of nitro groups is 1. The van der Waals surface area contributed by atoms with Crippen molar-refractivity contribution in [2.75, 3.05) is 26.2 Å². The van der Waals surface area contributed by atoms with E-state index in [1.807, 2.05) is 20.8 Å². The maximum Gasteiger partial charge on any atom is 0.410 e. The van der Waals surface area contributed by atoms with Crippen molar-refractivity contribution in [1.82, 2.24) is 24.6 Å². The Hall–Kier alpha value is -3.01. The number of aromatic nitrogens is 3. The van der Waals surface area contributed by atoms with Gasteiger partial charge in [-0.05, 0) is 32.9 Å². The largest absolute Gasteiger partial charge is 0.444 e. The summed E-state index contributed by atoms with van der Waals surface area (Å²) in [4.78, 5) is 30.6. The molecule has 0 radical (unpaired) electrons. The number of hydrogen-bond acceptors (Lipinski definition) is 7. The average Bonchev–Trinajstić information content (AvgIpc) is 3.09. The van der Waals surface area contributed by atoms with E-state index in [2.05, 4.69) is 15.0 Å². The summed E-state index contributed by atoms with van der Waals surface area (Å²) in [6.07, 6.45) is 1.35. The van der Waals surface area contributed by atoms with Crippen LogP contribution in [0.25, 0.3) is 11.4 Å². The van der Waals surface area contributed by atoms with E-state index in [-0.39, 0.29) is 11.8 Å². The normalized spacial score (nSPS) is 15.5. The number of amides is 1. The fourth-order valence-electron chi connectivity index (χ4n) is 2.83. The SMILES string of the molecule is CC(C)(C)OC(=O)N1CCN(Cn2cnc(-c3ccc([N+](=O)[O-])cc3)n2)CC1. The Morgan fingerprint density at radius 2 is 1.82 bits per heavy atom. The molecule has 0 aliphatic carbocycles. The van der Waals surface area contributed by atoms with Crippen molar-refractivity contribution >= 4 is 11.8 Å². The molecule has 1 aromatic heterocycles. The molecule has 10 nitrogen and oxygen atoms in total. The lowest BCUT2D eigenvalue weighted by molar-refractivity contribution is -0.384. The van der Waals surface area contributed by atoms with Crippen LogP contribution in [0.4, 0.5) is 10.5 Å². The maximum absolute atomic E-state index is 12.1. The van der Waals surface area contributed by atoms with E-state index in [1.165, 1.54) is 12.1 Å². The van der Waals surface area contributed by atoms with Gasteiger partial charge in [-0.2, -0.15) is 0 Å². The quantitative estimate of drug-likeness (QED) is 0.584. The van der Waals surface area contributed by atoms with E-state index in [9.17, 15) is 14.9 Å². The summed E-state index contributed by atoms with van der Waals surface area (Å²) in [5.41, 5.74) is 0.258. The van der Waals surface area contributed by atoms with Crippen LogP contribution in [0.15, 0.2) is 30.6 Å². The molecule has 0 unspecified atom stereocenters. The fraction of sp³-hybridized carbons (Fsp3) is 0.500. The Morgan fingerprint density at radius 3 is 2.39 bits per heavy atom. The molecule has 0 bridgehead atoms. The second-order valence-electron chi connectivity index (χ2n) is 7.64. The van der Waals surface area contributed by atoms with Crippen LogP contribution in [0.3, 0.4) is 0 Å². The molecular weight excluding hydrogens is 364 g/mol. The summed E-state index contributed by atoms with van der Waals surface area (Å²) >= 11 is 0. The molecule has 1 fully saturated rings. The molecule has 28 heavy (non-hydrogen) atoms. The molecule has 0 N–H and O–H groups in total. The van der Waals surface area contributed by atoms with Gasteiger partial charge in [0.1, 0.15) is 11.9 Å². The first-order chi connectivity index (χ1) is 13.2.